The van der Waals surface area contributed by atoms with Gasteiger partial charge in [-0.1, -0.05) is 13.8 Å². The molecule has 1 saturated carbocycles. The molecule has 0 aromatic carbocycles. The van der Waals surface area contributed by atoms with Crippen LogP contribution in [0, 0.1) is 17.8 Å². The van der Waals surface area contributed by atoms with Crippen molar-refractivity contribution < 1.29 is 14.7 Å². The fourth-order valence-electron chi connectivity index (χ4n) is 1.86. The fourth-order valence-corrected chi connectivity index (χ4v) is 1.86. The third-order valence-corrected chi connectivity index (χ3v) is 3.14. The molecule has 1 amide bonds. The molecule has 1 rings (SSSR count). The van der Waals surface area contributed by atoms with Crippen molar-refractivity contribution in [3.05, 3.63) is 0 Å². The van der Waals surface area contributed by atoms with E-state index in [1.54, 1.807) is 0 Å². The first-order valence-corrected chi connectivity index (χ1v) is 6.00. The number of aliphatic carboxylic acids is 1. The largest absolute Gasteiger partial charge is 0.481 e. The first kappa shape index (κ1) is 14.0. The van der Waals surface area contributed by atoms with Gasteiger partial charge >= 0.3 is 5.97 Å². The van der Waals surface area contributed by atoms with Gasteiger partial charge in [0.25, 0.3) is 0 Å². The quantitative estimate of drug-likeness (QED) is 0.708. The molecule has 0 spiro atoms. The van der Waals surface area contributed by atoms with Crippen molar-refractivity contribution in [2.24, 2.45) is 17.8 Å². The topological polar surface area (TPSA) is 69.6 Å². The molecule has 3 unspecified atom stereocenters. The molecule has 0 aromatic rings. The molecular formula is C12H22N2O3. The Labute approximate surface area is 102 Å². The Hall–Kier alpha value is -1.10. The van der Waals surface area contributed by atoms with Gasteiger partial charge in [0.15, 0.2) is 0 Å². The summed E-state index contributed by atoms with van der Waals surface area (Å²) in [5, 5.41) is 11.7. The summed E-state index contributed by atoms with van der Waals surface area (Å²) in [4.78, 5) is 24.5. The van der Waals surface area contributed by atoms with E-state index < -0.39 is 11.9 Å². The van der Waals surface area contributed by atoms with Crippen LogP contribution in [-0.4, -0.2) is 48.6 Å². The molecule has 3 atom stereocenters. The maximum atomic E-state index is 11.8. The summed E-state index contributed by atoms with van der Waals surface area (Å²) in [5.41, 5.74) is 0. The predicted molar refractivity (Wildman–Crippen MR) is 64.6 cm³/mol. The van der Waals surface area contributed by atoms with E-state index in [2.05, 4.69) is 19.2 Å². The number of nitrogens with one attached hydrogen (secondary N) is 1. The van der Waals surface area contributed by atoms with Crippen molar-refractivity contribution in [1.82, 2.24) is 10.2 Å². The fraction of sp³-hybridized carbons (Fsp3) is 0.833. The molecule has 0 radical (unpaired) electrons. The van der Waals surface area contributed by atoms with Gasteiger partial charge in [0.1, 0.15) is 0 Å². The Bertz CT molecular complexity index is 302. The van der Waals surface area contributed by atoms with Crippen molar-refractivity contribution >= 4 is 11.9 Å². The highest BCUT2D eigenvalue weighted by atomic mass is 16.4. The Morgan fingerprint density at radius 1 is 1.35 bits per heavy atom. The number of nitrogens with zero attached hydrogens (tertiary/aromatic N) is 1. The second-order valence-corrected chi connectivity index (χ2v) is 5.41. The van der Waals surface area contributed by atoms with Crippen molar-refractivity contribution in [3.63, 3.8) is 0 Å². The number of amides is 1. The average Bonchev–Trinajstić information content (AvgIpc) is 2.94. The molecule has 1 aliphatic rings. The number of carboxylic acids is 1. The highest BCUT2D eigenvalue weighted by Crippen LogP contribution is 2.38. The maximum Gasteiger partial charge on any atom is 0.307 e. The zero-order chi connectivity index (χ0) is 13.2. The van der Waals surface area contributed by atoms with E-state index in [0.717, 1.165) is 6.54 Å². The monoisotopic (exact) mass is 242 g/mol. The molecule has 2 N–H and O–H groups in total. The Morgan fingerprint density at radius 2 is 1.94 bits per heavy atom. The Morgan fingerprint density at radius 3 is 2.29 bits per heavy atom. The summed E-state index contributed by atoms with van der Waals surface area (Å²) in [7, 11) is 3.91. The average molecular weight is 242 g/mol. The molecule has 0 saturated heterocycles. The lowest BCUT2D eigenvalue weighted by atomic mass is 10.0. The number of hydrogen-bond acceptors (Lipinski definition) is 3. The van der Waals surface area contributed by atoms with Crippen LogP contribution >= 0.6 is 0 Å². The van der Waals surface area contributed by atoms with Gasteiger partial charge in [-0.05, 0) is 26.4 Å². The minimum Gasteiger partial charge on any atom is -0.481 e. The van der Waals surface area contributed by atoms with Gasteiger partial charge in [0, 0.05) is 12.6 Å². The first-order valence-electron chi connectivity index (χ1n) is 6.00. The molecule has 0 aliphatic heterocycles. The summed E-state index contributed by atoms with van der Waals surface area (Å²) in [5.74, 6) is -1.43. The van der Waals surface area contributed by atoms with E-state index in [1.807, 2.05) is 19.0 Å². The minimum absolute atomic E-state index is 0.0764. The molecule has 5 nitrogen and oxygen atoms in total. The molecule has 0 aromatic heterocycles. The van der Waals surface area contributed by atoms with Gasteiger partial charge < -0.3 is 15.3 Å². The molecule has 1 fully saturated rings. The van der Waals surface area contributed by atoms with Crippen molar-refractivity contribution in [1.29, 1.82) is 0 Å². The summed E-state index contributed by atoms with van der Waals surface area (Å²) >= 11 is 0. The van der Waals surface area contributed by atoms with Crippen molar-refractivity contribution in [2.45, 2.75) is 26.3 Å². The molecule has 98 valence electrons. The van der Waals surface area contributed by atoms with E-state index in [9.17, 15) is 9.59 Å². The first-order chi connectivity index (χ1) is 7.82. The van der Waals surface area contributed by atoms with Gasteiger partial charge in [0.05, 0.1) is 11.8 Å². The van der Waals surface area contributed by atoms with Crippen LogP contribution in [0.2, 0.25) is 0 Å². The normalized spacial score (nSPS) is 24.8. The molecule has 17 heavy (non-hydrogen) atoms. The summed E-state index contributed by atoms with van der Waals surface area (Å²) in [6, 6.07) is 0.0764. The number of hydrogen-bond donors (Lipinski definition) is 2. The molecule has 1 aliphatic carbocycles. The highest BCUT2D eigenvalue weighted by Gasteiger charge is 2.48. The predicted octanol–water partition coefficient (Wildman–Crippen LogP) is 0.410. The maximum absolute atomic E-state index is 11.8. The highest BCUT2D eigenvalue weighted by molar-refractivity contribution is 5.89. The molecule has 0 heterocycles. The smallest absolute Gasteiger partial charge is 0.307 e. The van der Waals surface area contributed by atoms with Crippen LogP contribution in [0.5, 0.6) is 0 Å². The van der Waals surface area contributed by atoms with E-state index in [0.29, 0.717) is 12.3 Å². The third-order valence-electron chi connectivity index (χ3n) is 3.14. The number of rotatable bonds is 6. The molecular weight excluding hydrogens is 220 g/mol. The lowest BCUT2D eigenvalue weighted by Crippen LogP contribution is -2.45. The number of carbonyl (C=O) groups is 2. The van der Waals surface area contributed by atoms with Crippen LogP contribution in [0.15, 0.2) is 0 Å². The zero-order valence-corrected chi connectivity index (χ0v) is 10.9. The number of likely N-dealkylation sites (N-methyl/N-ethyl adjacent to an activating group) is 1. The van der Waals surface area contributed by atoms with Gasteiger partial charge in [-0.15, -0.1) is 0 Å². The van der Waals surface area contributed by atoms with E-state index in [-0.39, 0.29) is 17.9 Å². The summed E-state index contributed by atoms with van der Waals surface area (Å²) in [6.07, 6.45) is 0.480. The van der Waals surface area contributed by atoms with Gasteiger partial charge in [-0.2, -0.15) is 0 Å². The van der Waals surface area contributed by atoms with E-state index in [4.69, 9.17) is 5.11 Å². The van der Waals surface area contributed by atoms with Crippen LogP contribution in [0.1, 0.15) is 20.3 Å². The van der Waals surface area contributed by atoms with Crippen molar-refractivity contribution in [2.75, 3.05) is 20.6 Å². The number of carbonyl (C=O) groups excluding carboxylic acids is 1. The zero-order valence-electron chi connectivity index (χ0n) is 10.9. The Kier molecular flexibility index (Phi) is 4.51. The van der Waals surface area contributed by atoms with Crippen LogP contribution < -0.4 is 5.32 Å². The lowest BCUT2D eigenvalue weighted by Gasteiger charge is -2.25. The van der Waals surface area contributed by atoms with Gasteiger partial charge in [-0.25, -0.2) is 0 Å². The molecule has 5 heteroatoms. The Balaban J connectivity index is 2.46. The van der Waals surface area contributed by atoms with Crippen LogP contribution in [0.3, 0.4) is 0 Å². The van der Waals surface area contributed by atoms with Crippen LogP contribution in [-0.2, 0) is 9.59 Å². The molecule has 0 bridgehead atoms. The van der Waals surface area contributed by atoms with Crippen LogP contribution in [0.4, 0.5) is 0 Å². The SMILES string of the molecule is CC(C)C(CN(C)C)NC(=O)C1CC1C(=O)O. The van der Waals surface area contributed by atoms with E-state index >= 15 is 0 Å². The minimum atomic E-state index is -0.862. The van der Waals surface area contributed by atoms with Crippen molar-refractivity contribution in [3.8, 4) is 0 Å². The van der Waals surface area contributed by atoms with Gasteiger partial charge in [-0.3, -0.25) is 9.59 Å². The second kappa shape index (κ2) is 5.49. The lowest BCUT2D eigenvalue weighted by molar-refractivity contribution is -0.140. The number of carboxylic acid groups (broad SMARTS) is 1. The van der Waals surface area contributed by atoms with Crippen LogP contribution in [0.25, 0.3) is 0 Å². The second-order valence-electron chi connectivity index (χ2n) is 5.41. The third kappa shape index (κ3) is 4.00. The summed E-state index contributed by atoms with van der Waals surface area (Å²) in [6.45, 7) is 4.87. The van der Waals surface area contributed by atoms with Gasteiger partial charge in [0.2, 0.25) is 5.91 Å². The summed E-state index contributed by atoms with van der Waals surface area (Å²) < 4.78 is 0. The van der Waals surface area contributed by atoms with E-state index in [1.165, 1.54) is 0 Å². The standard InChI is InChI=1S/C12H22N2O3/c1-7(2)10(6-14(3)4)13-11(15)8-5-9(8)12(16)17/h7-10H,5-6H2,1-4H3,(H,13,15)(H,16,17).